The molecule has 2 fully saturated rings. The second-order valence-corrected chi connectivity index (χ2v) is 9.33. The van der Waals surface area contributed by atoms with E-state index in [2.05, 4.69) is 27.7 Å². The minimum atomic E-state index is -0.903. The molecule has 3 N–H and O–H groups in total. The van der Waals surface area contributed by atoms with E-state index >= 15 is 0 Å². The molecule has 2 rings (SSSR count). The molecule has 6 nitrogen and oxygen atoms in total. The maximum absolute atomic E-state index is 12.9. The fourth-order valence-electron chi connectivity index (χ4n) is 4.08. The maximum Gasteiger partial charge on any atom is 0.407 e. The SMILES string of the molecule is CC(C)(C)[C@H](N)C(=O)N1C[C@H]2N(C(=O)O)C[C@@H]1[C@]2(C)C(C)(C)C. The van der Waals surface area contributed by atoms with Crippen molar-refractivity contribution in [1.29, 1.82) is 0 Å². The lowest BCUT2D eigenvalue weighted by atomic mass is 9.63. The molecule has 0 spiro atoms. The molecule has 0 aromatic carbocycles. The summed E-state index contributed by atoms with van der Waals surface area (Å²) in [5, 5.41) is 9.49. The zero-order valence-electron chi connectivity index (χ0n) is 15.4. The van der Waals surface area contributed by atoms with Crippen molar-refractivity contribution >= 4 is 12.0 Å². The third kappa shape index (κ3) is 2.51. The quantitative estimate of drug-likeness (QED) is 0.772. The van der Waals surface area contributed by atoms with E-state index in [0.717, 1.165) is 0 Å². The Balaban J connectivity index is 2.37. The highest BCUT2D eigenvalue weighted by Crippen LogP contribution is 2.56. The van der Waals surface area contributed by atoms with Crippen molar-refractivity contribution in [1.82, 2.24) is 9.80 Å². The van der Waals surface area contributed by atoms with Gasteiger partial charge in [0.15, 0.2) is 0 Å². The van der Waals surface area contributed by atoms with E-state index in [-0.39, 0.29) is 34.2 Å². The van der Waals surface area contributed by atoms with Crippen molar-refractivity contribution in [3.63, 3.8) is 0 Å². The Kier molecular flexibility index (Phi) is 4.00. The number of amides is 2. The molecule has 4 atom stereocenters. The summed E-state index contributed by atoms with van der Waals surface area (Å²) in [6.45, 7) is 15.1. The molecule has 2 aliphatic heterocycles. The average molecular weight is 325 g/mol. The zero-order chi connectivity index (χ0) is 18.0. The number of nitrogens with two attached hydrogens (primary N) is 1. The molecular formula is C17H31N3O3. The number of fused-ring (bicyclic) bond motifs is 2. The first-order valence-corrected chi connectivity index (χ1v) is 8.28. The van der Waals surface area contributed by atoms with Crippen LogP contribution in [0, 0.1) is 16.2 Å². The van der Waals surface area contributed by atoms with Gasteiger partial charge in [-0.1, -0.05) is 48.5 Å². The van der Waals surface area contributed by atoms with Crippen molar-refractivity contribution in [2.45, 2.75) is 66.6 Å². The van der Waals surface area contributed by atoms with Gasteiger partial charge in [-0.25, -0.2) is 4.79 Å². The second-order valence-electron chi connectivity index (χ2n) is 9.33. The fourth-order valence-corrected chi connectivity index (χ4v) is 4.08. The Bertz CT molecular complexity index is 520. The molecule has 2 amide bonds. The topological polar surface area (TPSA) is 86.9 Å². The Morgan fingerprint density at radius 1 is 1.09 bits per heavy atom. The lowest BCUT2D eigenvalue weighted by molar-refractivity contribution is -0.138. The van der Waals surface area contributed by atoms with Gasteiger partial charge in [-0.15, -0.1) is 0 Å². The summed E-state index contributed by atoms with van der Waals surface area (Å²) in [6.07, 6.45) is -0.903. The normalized spacial score (nSPS) is 32.3. The smallest absolute Gasteiger partial charge is 0.407 e. The number of hydrogen-bond acceptors (Lipinski definition) is 3. The molecule has 2 saturated heterocycles. The van der Waals surface area contributed by atoms with Crippen molar-refractivity contribution in [2.24, 2.45) is 22.0 Å². The monoisotopic (exact) mass is 325 g/mol. The Hall–Kier alpha value is -1.30. The second kappa shape index (κ2) is 5.10. The van der Waals surface area contributed by atoms with E-state index in [1.807, 2.05) is 25.7 Å². The summed E-state index contributed by atoms with van der Waals surface area (Å²) in [6, 6.07) is -0.880. The molecule has 0 unspecified atom stereocenters. The summed E-state index contributed by atoms with van der Waals surface area (Å²) < 4.78 is 0. The van der Waals surface area contributed by atoms with Gasteiger partial charge >= 0.3 is 6.09 Å². The third-order valence-corrected chi connectivity index (χ3v) is 6.22. The predicted molar refractivity (Wildman–Crippen MR) is 89.0 cm³/mol. The van der Waals surface area contributed by atoms with Crippen LogP contribution >= 0.6 is 0 Å². The lowest BCUT2D eigenvalue weighted by Crippen LogP contribution is -2.57. The number of carbonyl (C=O) groups is 2. The molecule has 0 saturated carbocycles. The van der Waals surface area contributed by atoms with Crippen LogP contribution in [0.25, 0.3) is 0 Å². The molecule has 2 heterocycles. The highest BCUT2D eigenvalue weighted by Gasteiger charge is 2.66. The first-order chi connectivity index (χ1) is 10.2. The Labute approximate surface area is 139 Å². The number of rotatable bonds is 1. The number of nitrogens with zero attached hydrogens (tertiary/aromatic N) is 2. The van der Waals surface area contributed by atoms with Crippen LogP contribution in [-0.2, 0) is 4.79 Å². The summed E-state index contributed by atoms with van der Waals surface area (Å²) in [5.74, 6) is -0.0643. The molecule has 132 valence electrons. The zero-order valence-corrected chi connectivity index (χ0v) is 15.4. The van der Waals surface area contributed by atoms with Gasteiger partial charge in [0.1, 0.15) is 0 Å². The molecular weight excluding hydrogens is 294 g/mol. The molecule has 0 radical (unpaired) electrons. The van der Waals surface area contributed by atoms with E-state index in [0.29, 0.717) is 13.1 Å². The van der Waals surface area contributed by atoms with Gasteiger partial charge in [0, 0.05) is 18.5 Å². The van der Waals surface area contributed by atoms with Crippen LogP contribution in [0.15, 0.2) is 0 Å². The van der Waals surface area contributed by atoms with E-state index in [4.69, 9.17) is 5.73 Å². The Morgan fingerprint density at radius 2 is 1.52 bits per heavy atom. The minimum absolute atomic E-state index is 0.0643. The minimum Gasteiger partial charge on any atom is -0.465 e. The molecule has 2 bridgehead atoms. The first-order valence-electron chi connectivity index (χ1n) is 8.28. The summed E-state index contributed by atoms with van der Waals surface area (Å²) in [5.41, 5.74) is 5.46. The first kappa shape index (κ1) is 18.0. The van der Waals surface area contributed by atoms with Gasteiger partial charge in [-0.05, 0) is 10.8 Å². The summed E-state index contributed by atoms with van der Waals surface area (Å²) >= 11 is 0. The van der Waals surface area contributed by atoms with Crippen molar-refractivity contribution < 1.29 is 14.7 Å². The molecule has 0 aromatic rings. The largest absolute Gasteiger partial charge is 0.465 e. The molecule has 2 aliphatic rings. The van der Waals surface area contributed by atoms with Gasteiger partial charge in [-0.2, -0.15) is 0 Å². The van der Waals surface area contributed by atoms with Crippen LogP contribution in [0.3, 0.4) is 0 Å². The van der Waals surface area contributed by atoms with Crippen molar-refractivity contribution in [3.05, 3.63) is 0 Å². The fraction of sp³-hybridized carbons (Fsp3) is 0.882. The van der Waals surface area contributed by atoms with Crippen molar-refractivity contribution in [2.75, 3.05) is 13.1 Å². The summed E-state index contributed by atoms with van der Waals surface area (Å²) in [4.78, 5) is 27.8. The third-order valence-electron chi connectivity index (χ3n) is 6.22. The highest BCUT2D eigenvalue weighted by molar-refractivity contribution is 5.84. The molecule has 0 aromatic heterocycles. The van der Waals surface area contributed by atoms with E-state index in [9.17, 15) is 14.7 Å². The number of carbonyl (C=O) groups excluding carboxylic acids is 1. The average Bonchev–Trinajstić information content (AvgIpc) is 2.85. The maximum atomic E-state index is 12.9. The van der Waals surface area contributed by atoms with Gasteiger partial charge in [0.05, 0.1) is 18.1 Å². The van der Waals surface area contributed by atoms with Crippen LogP contribution in [0.4, 0.5) is 4.79 Å². The van der Waals surface area contributed by atoms with Gasteiger partial charge in [0.2, 0.25) is 5.91 Å². The van der Waals surface area contributed by atoms with Crippen molar-refractivity contribution in [3.8, 4) is 0 Å². The number of likely N-dealkylation sites (tertiary alicyclic amines) is 2. The van der Waals surface area contributed by atoms with Crippen LogP contribution in [0.1, 0.15) is 48.5 Å². The summed E-state index contributed by atoms with van der Waals surface area (Å²) in [7, 11) is 0. The Morgan fingerprint density at radius 3 is 1.91 bits per heavy atom. The van der Waals surface area contributed by atoms with Crippen LogP contribution in [-0.4, -0.2) is 58.1 Å². The van der Waals surface area contributed by atoms with Crippen LogP contribution in [0.5, 0.6) is 0 Å². The van der Waals surface area contributed by atoms with Gasteiger partial charge in [-0.3, -0.25) is 4.79 Å². The van der Waals surface area contributed by atoms with E-state index in [1.165, 1.54) is 4.90 Å². The number of carboxylic acid groups (broad SMARTS) is 1. The standard InChI is InChI=1S/C17H31N3O3/c1-15(2,3)12(18)13(21)19-8-11-17(7,16(4,5)6)10(19)9-20(11)14(22)23/h10-12H,8-9,18H2,1-7H3,(H,22,23)/t10-,11-,12-,17+/m1/s1. The number of hydrogen-bond donors (Lipinski definition) is 2. The number of piperazine rings is 1. The van der Waals surface area contributed by atoms with Gasteiger partial charge < -0.3 is 20.6 Å². The molecule has 6 heteroatoms. The molecule has 23 heavy (non-hydrogen) atoms. The van der Waals surface area contributed by atoms with Crippen LogP contribution in [0.2, 0.25) is 0 Å². The van der Waals surface area contributed by atoms with Gasteiger partial charge in [0.25, 0.3) is 0 Å². The highest BCUT2D eigenvalue weighted by atomic mass is 16.4. The lowest BCUT2D eigenvalue weighted by Gasteiger charge is -2.42. The van der Waals surface area contributed by atoms with E-state index in [1.54, 1.807) is 0 Å². The van der Waals surface area contributed by atoms with E-state index < -0.39 is 12.1 Å². The predicted octanol–water partition coefficient (Wildman–Crippen LogP) is 1.99. The molecule has 0 aliphatic carbocycles. The van der Waals surface area contributed by atoms with Crippen LogP contribution < -0.4 is 5.73 Å².